The quantitative estimate of drug-likeness (QED) is 0.282. The highest BCUT2D eigenvalue weighted by Crippen LogP contribution is 2.36. The molecule has 3 rings (SSSR count). The van der Waals surface area contributed by atoms with Crippen LogP contribution in [0.4, 0.5) is 11.5 Å². The number of carboxylic acid groups (broad SMARTS) is 1. The van der Waals surface area contributed by atoms with Gasteiger partial charge in [-0.1, -0.05) is 65.3 Å². The maximum absolute atomic E-state index is 11.1. The number of carbonyl (C=O) groups is 1. The minimum Gasteiger partial charge on any atom is -0.478 e. The third-order valence-electron chi connectivity index (χ3n) is 3.76. The van der Waals surface area contributed by atoms with E-state index in [2.05, 4.69) is 15.3 Å². The lowest BCUT2D eigenvalue weighted by Crippen LogP contribution is -2.04. The molecular weight excluding hydrogens is 417 g/mol. The third kappa shape index (κ3) is 4.65. The number of anilines is 2. The van der Waals surface area contributed by atoms with Gasteiger partial charge in [0, 0.05) is 22.2 Å². The number of thioether (sulfide) groups is 1. The zero-order valence-corrected chi connectivity index (χ0v) is 17.0. The molecule has 142 valence electrons. The molecular formula is C20H15Cl2N3O2S. The van der Waals surface area contributed by atoms with Gasteiger partial charge in [0.15, 0.2) is 5.16 Å². The van der Waals surface area contributed by atoms with Crippen LogP contribution in [0.15, 0.2) is 59.8 Å². The summed E-state index contributed by atoms with van der Waals surface area (Å²) in [6.07, 6.45) is 4.34. The lowest BCUT2D eigenvalue weighted by Gasteiger charge is -2.15. The molecule has 1 aromatic heterocycles. The molecule has 0 aliphatic rings. The van der Waals surface area contributed by atoms with E-state index in [0.29, 0.717) is 43.5 Å². The molecule has 0 aliphatic heterocycles. The van der Waals surface area contributed by atoms with E-state index < -0.39 is 5.97 Å². The van der Waals surface area contributed by atoms with Gasteiger partial charge < -0.3 is 10.4 Å². The molecule has 0 radical (unpaired) electrons. The Bertz CT molecular complexity index is 1060. The number of hydrogen-bond acceptors (Lipinski definition) is 5. The minimum absolute atomic E-state index is 0.430. The van der Waals surface area contributed by atoms with Crippen molar-refractivity contribution in [1.82, 2.24) is 9.97 Å². The van der Waals surface area contributed by atoms with Crippen molar-refractivity contribution >= 4 is 58.5 Å². The van der Waals surface area contributed by atoms with Crippen LogP contribution in [0.25, 0.3) is 17.3 Å². The van der Waals surface area contributed by atoms with Gasteiger partial charge in [0.2, 0.25) is 0 Å². The van der Waals surface area contributed by atoms with Crippen LogP contribution in [0.3, 0.4) is 0 Å². The maximum atomic E-state index is 11.1. The first-order valence-corrected chi connectivity index (χ1v) is 10.1. The SMILES string of the molecule is CSc1nc(Nc2ccccc2Cl)c(/C=C/C(=O)O)c(-c2ccccc2Cl)n1. The molecule has 2 aromatic carbocycles. The zero-order valence-electron chi connectivity index (χ0n) is 14.7. The van der Waals surface area contributed by atoms with Gasteiger partial charge in [0.1, 0.15) is 5.82 Å². The zero-order chi connectivity index (χ0) is 20.1. The second-order valence-corrected chi connectivity index (χ2v) is 7.17. The molecule has 0 amide bonds. The molecule has 2 N–H and O–H groups in total. The smallest absolute Gasteiger partial charge is 0.328 e. The van der Waals surface area contributed by atoms with Crippen LogP contribution < -0.4 is 5.32 Å². The van der Waals surface area contributed by atoms with Gasteiger partial charge in [-0.3, -0.25) is 0 Å². The predicted octanol–water partition coefficient (Wildman–Crippen LogP) is 6.01. The first-order chi connectivity index (χ1) is 13.5. The average Bonchev–Trinajstić information content (AvgIpc) is 2.68. The van der Waals surface area contributed by atoms with Crippen molar-refractivity contribution in [2.75, 3.05) is 11.6 Å². The minimum atomic E-state index is -1.08. The number of halogens is 2. The number of hydrogen-bond donors (Lipinski definition) is 2. The van der Waals surface area contributed by atoms with Gasteiger partial charge in [-0.15, -0.1) is 0 Å². The lowest BCUT2D eigenvalue weighted by atomic mass is 10.1. The van der Waals surface area contributed by atoms with Gasteiger partial charge in [-0.25, -0.2) is 14.8 Å². The Balaban J connectivity index is 2.25. The molecule has 1 heterocycles. The molecule has 0 atom stereocenters. The second kappa shape index (κ2) is 9.10. The normalized spacial score (nSPS) is 11.0. The predicted molar refractivity (Wildman–Crippen MR) is 116 cm³/mol. The summed E-state index contributed by atoms with van der Waals surface area (Å²) in [7, 11) is 0. The van der Waals surface area contributed by atoms with Crippen molar-refractivity contribution in [3.63, 3.8) is 0 Å². The Morgan fingerprint density at radius 2 is 1.75 bits per heavy atom. The van der Waals surface area contributed by atoms with E-state index in [9.17, 15) is 4.79 Å². The van der Waals surface area contributed by atoms with Crippen LogP contribution in [0, 0.1) is 0 Å². The van der Waals surface area contributed by atoms with Gasteiger partial charge in [-0.2, -0.15) is 0 Å². The van der Waals surface area contributed by atoms with E-state index in [4.69, 9.17) is 28.3 Å². The van der Waals surface area contributed by atoms with Crippen molar-refractivity contribution in [3.8, 4) is 11.3 Å². The van der Waals surface area contributed by atoms with Gasteiger partial charge in [0.05, 0.1) is 16.4 Å². The molecule has 0 aliphatic carbocycles. The van der Waals surface area contributed by atoms with Crippen molar-refractivity contribution in [3.05, 3.63) is 70.2 Å². The van der Waals surface area contributed by atoms with Gasteiger partial charge >= 0.3 is 5.97 Å². The number of para-hydroxylation sites is 1. The van der Waals surface area contributed by atoms with E-state index in [-0.39, 0.29) is 0 Å². The lowest BCUT2D eigenvalue weighted by molar-refractivity contribution is -0.131. The third-order valence-corrected chi connectivity index (χ3v) is 4.96. The maximum Gasteiger partial charge on any atom is 0.328 e. The standard InChI is InChI=1S/C20H15Cl2N3O2S/c1-28-20-24-18(12-6-2-3-7-14(12)21)13(10-11-17(26)27)19(25-20)23-16-9-5-4-8-15(16)22/h2-11H,1H3,(H,26,27)(H,23,24,25)/b11-10+. The highest BCUT2D eigenvalue weighted by Gasteiger charge is 2.17. The number of aliphatic carboxylic acids is 1. The van der Waals surface area contributed by atoms with Crippen LogP contribution in [0.1, 0.15) is 5.56 Å². The van der Waals surface area contributed by atoms with Crippen LogP contribution in [-0.4, -0.2) is 27.3 Å². The fourth-order valence-corrected chi connectivity index (χ4v) is 3.27. The molecule has 8 heteroatoms. The van der Waals surface area contributed by atoms with Crippen molar-refractivity contribution < 1.29 is 9.90 Å². The molecule has 0 saturated carbocycles. The number of nitrogens with zero attached hydrogens (tertiary/aromatic N) is 2. The van der Waals surface area contributed by atoms with Crippen molar-refractivity contribution in [1.29, 1.82) is 0 Å². The van der Waals surface area contributed by atoms with E-state index in [0.717, 1.165) is 6.08 Å². The fourth-order valence-electron chi connectivity index (χ4n) is 2.50. The summed E-state index contributed by atoms with van der Waals surface area (Å²) in [5.74, 6) is -0.650. The highest BCUT2D eigenvalue weighted by molar-refractivity contribution is 7.98. The van der Waals surface area contributed by atoms with E-state index in [1.165, 1.54) is 17.8 Å². The molecule has 0 fully saturated rings. The topological polar surface area (TPSA) is 75.1 Å². The molecule has 3 aromatic rings. The van der Waals surface area contributed by atoms with Crippen LogP contribution >= 0.6 is 35.0 Å². The summed E-state index contributed by atoms with van der Waals surface area (Å²) in [6, 6.07) is 14.5. The highest BCUT2D eigenvalue weighted by atomic mass is 35.5. The second-order valence-electron chi connectivity index (χ2n) is 5.58. The number of carboxylic acids is 1. The average molecular weight is 432 g/mol. The van der Waals surface area contributed by atoms with Crippen LogP contribution in [-0.2, 0) is 4.79 Å². The summed E-state index contributed by atoms with van der Waals surface area (Å²) in [5.41, 5.74) is 2.34. The monoisotopic (exact) mass is 431 g/mol. The summed E-state index contributed by atoms with van der Waals surface area (Å²) < 4.78 is 0. The Morgan fingerprint density at radius 1 is 1.07 bits per heavy atom. The summed E-state index contributed by atoms with van der Waals surface area (Å²) in [6.45, 7) is 0. The fraction of sp³-hybridized carbons (Fsp3) is 0.0500. The molecule has 0 saturated heterocycles. The number of nitrogens with one attached hydrogen (secondary N) is 1. The van der Waals surface area contributed by atoms with E-state index in [1.807, 2.05) is 42.7 Å². The first-order valence-electron chi connectivity index (χ1n) is 8.13. The molecule has 5 nitrogen and oxygen atoms in total. The summed E-state index contributed by atoms with van der Waals surface area (Å²) in [5, 5.41) is 13.8. The van der Waals surface area contributed by atoms with E-state index in [1.54, 1.807) is 12.1 Å². The molecule has 0 spiro atoms. The Kier molecular flexibility index (Phi) is 6.57. The van der Waals surface area contributed by atoms with Crippen LogP contribution in [0.5, 0.6) is 0 Å². The Morgan fingerprint density at radius 3 is 2.39 bits per heavy atom. The Labute approximate surface area is 176 Å². The van der Waals surface area contributed by atoms with Gasteiger partial charge in [0.25, 0.3) is 0 Å². The molecule has 28 heavy (non-hydrogen) atoms. The Hall–Kier alpha value is -2.54. The van der Waals surface area contributed by atoms with Crippen LogP contribution in [0.2, 0.25) is 10.0 Å². The summed E-state index contributed by atoms with van der Waals surface area (Å²) >= 11 is 14.0. The number of rotatable bonds is 6. The van der Waals surface area contributed by atoms with Crippen molar-refractivity contribution in [2.45, 2.75) is 5.16 Å². The van der Waals surface area contributed by atoms with Gasteiger partial charge in [-0.05, 0) is 30.5 Å². The largest absolute Gasteiger partial charge is 0.478 e. The molecule has 0 unspecified atom stereocenters. The summed E-state index contributed by atoms with van der Waals surface area (Å²) in [4.78, 5) is 20.2. The molecule has 0 bridgehead atoms. The number of aromatic nitrogens is 2. The van der Waals surface area contributed by atoms with E-state index >= 15 is 0 Å². The van der Waals surface area contributed by atoms with Crippen molar-refractivity contribution in [2.24, 2.45) is 0 Å². The number of benzene rings is 2. The first kappa shape index (κ1) is 20.2.